The van der Waals surface area contributed by atoms with E-state index in [1.54, 1.807) is 32.8 Å². The number of fused-ring (bicyclic) bond motifs is 7. The number of benzene rings is 1. The van der Waals surface area contributed by atoms with Crippen molar-refractivity contribution in [3.05, 3.63) is 47.0 Å². The number of nitrogens with zero attached hydrogens (tertiary/aromatic N) is 2. The third-order valence-corrected chi connectivity index (χ3v) is 17.0. The molecule has 316 valence electrons. The summed E-state index contributed by atoms with van der Waals surface area (Å²) in [7, 11) is 3.53. The van der Waals surface area contributed by atoms with Gasteiger partial charge in [-0.3, -0.25) is 24.1 Å². The van der Waals surface area contributed by atoms with Gasteiger partial charge in [0, 0.05) is 44.4 Å². The molecule has 4 fully saturated rings. The first kappa shape index (κ1) is 43.5. The molecule has 1 aromatic rings. The van der Waals surface area contributed by atoms with E-state index in [9.17, 15) is 29.4 Å². The second-order valence-electron chi connectivity index (χ2n) is 21.5. The van der Waals surface area contributed by atoms with Crippen LogP contribution in [0.1, 0.15) is 132 Å². The number of carbonyl (C=O) groups excluding carboxylic acids is 3. The summed E-state index contributed by atoms with van der Waals surface area (Å²) in [5.41, 5.74) is 1.11. The molecule has 0 heterocycles. The van der Waals surface area contributed by atoms with E-state index < -0.39 is 28.9 Å². The molecular weight excluding hydrogens is 717 g/mol. The first-order valence-electron chi connectivity index (χ1n) is 21.8. The SMILES string of the molecule is CC(C)C1=C2C3CCC4C5(C)CCC(OC(=O)CC(C)(C)C(=O)O)C(C)(C)C5CCC4(C)C3(C)CCC2(C(O)CN(CC(=O)N(C)C)Cc2ccccc2)CC1=O. The van der Waals surface area contributed by atoms with Crippen LogP contribution in [0.3, 0.4) is 0 Å². The van der Waals surface area contributed by atoms with Gasteiger partial charge >= 0.3 is 11.9 Å². The number of likely N-dealkylation sites (N-methyl/N-ethyl adjacent to an activating group) is 1. The number of rotatable bonds is 12. The lowest BCUT2D eigenvalue weighted by atomic mass is 9.33. The minimum atomic E-state index is -1.18. The van der Waals surface area contributed by atoms with E-state index in [2.05, 4.69) is 65.5 Å². The molecule has 0 radical (unpaired) electrons. The third kappa shape index (κ3) is 7.23. The number of hydrogen-bond donors (Lipinski definition) is 2. The maximum Gasteiger partial charge on any atom is 0.309 e. The van der Waals surface area contributed by atoms with Gasteiger partial charge in [-0.2, -0.15) is 0 Å². The Morgan fingerprint density at radius 1 is 0.895 bits per heavy atom. The zero-order valence-corrected chi connectivity index (χ0v) is 36.9. The number of carboxylic acids is 1. The number of carboxylic acid groups (broad SMARTS) is 1. The van der Waals surface area contributed by atoms with E-state index in [0.717, 1.165) is 62.5 Å². The van der Waals surface area contributed by atoms with Crippen LogP contribution >= 0.6 is 0 Å². The van der Waals surface area contributed by atoms with Crippen molar-refractivity contribution < 1.29 is 34.1 Å². The predicted molar refractivity (Wildman–Crippen MR) is 222 cm³/mol. The fourth-order valence-corrected chi connectivity index (χ4v) is 13.7. The van der Waals surface area contributed by atoms with Crippen molar-refractivity contribution in [1.82, 2.24) is 9.80 Å². The summed E-state index contributed by atoms with van der Waals surface area (Å²) in [6.07, 6.45) is 6.60. The van der Waals surface area contributed by atoms with Gasteiger partial charge in [0.1, 0.15) is 6.10 Å². The highest BCUT2D eigenvalue weighted by atomic mass is 16.5. The molecule has 2 N–H and O–H groups in total. The number of esters is 1. The number of amides is 1. The van der Waals surface area contributed by atoms with Crippen molar-refractivity contribution in [3.8, 4) is 0 Å². The number of ketones is 1. The molecule has 0 saturated heterocycles. The summed E-state index contributed by atoms with van der Waals surface area (Å²) in [4.78, 5) is 56.0. The van der Waals surface area contributed by atoms with Crippen LogP contribution in [0.4, 0.5) is 0 Å². The number of aliphatic hydroxyl groups is 1. The molecule has 5 aliphatic carbocycles. The smallest absolute Gasteiger partial charge is 0.309 e. The molecule has 9 nitrogen and oxygen atoms in total. The molecule has 9 atom stereocenters. The lowest BCUT2D eigenvalue weighted by molar-refractivity contribution is -0.235. The summed E-state index contributed by atoms with van der Waals surface area (Å²) in [6.45, 7) is 20.6. The van der Waals surface area contributed by atoms with Gasteiger partial charge < -0.3 is 19.8 Å². The van der Waals surface area contributed by atoms with E-state index in [4.69, 9.17) is 4.74 Å². The normalized spacial score (nSPS) is 35.2. The van der Waals surface area contributed by atoms with Crippen molar-refractivity contribution in [2.75, 3.05) is 27.2 Å². The monoisotopic (exact) mass is 789 g/mol. The van der Waals surface area contributed by atoms with Crippen molar-refractivity contribution in [2.45, 2.75) is 145 Å². The fraction of sp³-hybridized carbons (Fsp3) is 0.750. The van der Waals surface area contributed by atoms with Gasteiger partial charge in [0.25, 0.3) is 0 Å². The van der Waals surface area contributed by atoms with Crippen LogP contribution in [-0.2, 0) is 30.5 Å². The average Bonchev–Trinajstić information content (AvgIpc) is 3.43. The van der Waals surface area contributed by atoms with Gasteiger partial charge in [-0.05, 0) is 116 Å². The maximum absolute atomic E-state index is 14.3. The lowest BCUT2D eigenvalue weighted by Gasteiger charge is -2.72. The molecule has 0 spiro atoms. The fourth-order valence-electron chi connectivity index (χ4n) is 13.7. The van der Waals surface area contributed by atoms with Crippen LogP contribution in [0, 0.1) is 56.2 Å². The summed E-state index contributed by atoms with van der Waals surface area (Å²) >= 11 is 0. The highest BCUT2D eigenvalue weighted by Crippen LogP contribution is 2.77. The van der Waals surface area contributed by atoms with Crippen molar-refractivity contribution in [2.24, 2.45) is 56.2 Å². The van der Waals surface area contributed by atoms with Crippen LogP contribution in [0.2, 0.25) is 0 Å². The van der Waals surface area contributed by atoms with Gasteiger partial charge in [0.2, 0.25) is 5.91 Å². The molecule has 57 heavy (non-hydrogen) atoms. The Balaban J connectivity index is 1.30. The van der Waals surface area contributed by atoms with Gasteiger partial charge in [-0.15, -0.1) is 0 Å². The Labute approximate surface area is 342 Å². The lowest BCUT2D eigenvalue weighted by Crippen LogP contribution is -2.66. The Morgan fingerprint density at radius 2 is 1.56 bits per heavy atom. The minimum absolute atomic E-state index is 0.00157. The number of allylic oxidation sites excluding steroid dienone is 1. The highest BCUT2D eigenvalue weighted by Gasteiger charge is 2.71. The molecule has 1 aromatic carbocycles. The van der Waals surface area contributed by atoms with Crippen LogP contribution in [-0.4, -0.2) is 83.0 Å². The van der Waals surface area contributed by atoms with E-state index in [1.807, 2.05) is 18.2 Å². The van der Waals surface area contributed by atoms with Crippen LogP contribution in [0.5, 0.6) is 0 Å². The molecule has 1 amide bonds. The molecule has 9 unspecified atom stereocenters. The largest absolute Gasteiger partial charge is 0.481 e. The van der Waals surface area contributed by atoms with Crippen LogP contribution in [0.25, 0.3) is 0 Å². The predicted octanol–water partition coefficient (Wildman–Crippen LogP) is 8.33. The van der Waals surface area contributed by atoms with E-state index in [-0.39, 0.29) is 64.3 Å². The van der Waals surface area contributed by atoms with Gasteiger partial charge in [0.05, 0.1) is 24.5 Å². The summed E-state index contributed by atoms with van der Waals surface area (Å²) < 4.78 is 6.18. The van der Waals surface area contributed by atoms with Crippen molar-refractivity contribution in [1.29, 1.82) is 0 Å². The Hall–Kier alpha value is -3.04. The molecule has 6 rings (SSSR count). The number of Topliss-reactive ketones (excluding diaryl/α,β-unsaturated/α-hetero) is 1. The molecular formula is C48H72N2O7. The highest BCUT2D eigenvalue weighted by molar-refractivity contribution is 6.00. The zero-order chi connectivity index (χ0) is 42.1. The van der Waals surface area contributed by atoms with Crippen molar-refractivity contribution in [3.63, 3.8) is 0 Å². The Morgan fingerprint density at radius 3 is 2.18 bits per heavy atom. The van der Waals surface area contributed by atoms with E-state index in [1.165, 1.54) is 5.57 Å². The van der Waals surface area contributed by atoms with Gasteiger partial charge in [-0.1, -0.05) is 84.4 Å². The molecule has 0 aliphatic heterocycles. The van der Waals surface area contributed by atoms with Gasteiger partial charge in [-0.25, -0.2) is 0 Å². The molecule has 0 bridgehead atoms. The Kier molecular flexibility index (Phi) is 11.6. The second-order valence-corrected chi connectivity index (χ2v) is 21.5. The molecule has 9 heteroatoms. The van der Waals surface area contributed by atoms with Crippen LogP contribution < -0.4 is 0 Å². The van der Waals surface area contributed by atoms with Crippen LogP contribution in [0.15, 0.2) is 41.5 Å². The molecule has 0 aromatic heterocycles. The average molecular weight is 789 g/mol. The Bertz CT molecular complexity index is 1770. The van der Waals surface area contributed by atoms with E-state index in [0.29, 0.717) is 31.3 Å². The summed E-state index contributed by atoms with van der Waals surface area (Å²) in [5, 5.41) is 22.3. The second kappa shape index (κ2) is 15.2. The minimum Gasteiger partial charge on any atom is -0.481 e. The topological polar surface area (TPSA) is 124 Å². The summed E-state index contributed by atoms with van der Waals surface area (Å²) in [5.74, 6) is -0.238. The van der Waals surface area contributed by atoms with E-state index >= 15 is 0 Å². The number of carbonyl (C=O) groups is 4. The quantitative estimate of drug-likeness (QED) is 0.203. The number of hydrogen-bond acceptors (Lipinski definition) is 7. The molecule has 5 aliphatic rings. The zero-order valence-electron chi connectivity index (χ0n) is 36.9. The summed E-state index contributed by atoms with van der Waals surface area (Å²) in [6, 6.07) is 10.1. The first-order valence-corrected chi connectivity index (χ1v) is 21.8. The standard InChI is InChI=1S/C48H72N2O7/c1-30(2)40-33(51)25-48(36(52)28-50(29-38(53)49(10)11)27-31-15-13-12-14-16-31)24-23-46(8)32(41(40)48)17-18-35-45(7)21-20-37(57-39(54)26-43(3,4)42(55)56)44(5,6)34(45)19-22-47(35,46)9/h12-16,30,32,34-37,52H,17-29H2,1-11H3,(H,55,56). The van der Waals surface area contributed by atoms with Gasteiger partial charge in [0.15, 0.2) is 5.78 Å². The number of aliphatic hydroxyl groups excluding tert-OH is 1. The number of aliphatic carboxylic acids is 1. The first-order chi connectivity index (χ1) is 26.4. The van der Waals surface area contributed by atoms with Crippen molar-refractivity contribution >= 4 is 23.6 Å². The maximum atomic E-state index is 14.3. The number of ether oxygens (including phenoxy) is 1. The third-order valence-electron chi connectivity index (χ3n) is 17.0. The molecule has 4 saturated carbocycles.